The van der Waals surface area contributed by atoms with E-state index in [4.69, 9.17) is 9.15 Å². The Balaban J connectivity index is 1.83. The van der Waals surface area contributed by atoms with Crippen LogP contribution in [0.1, 0.15) is 23.0 Å². The summed E-state index contributed by atoms with van der Waals surface area (Å²) >= 11 is 1.15. The monoisotopic (exact) mass is 420 g/mol. The van der Waals surface area contributed by atoms with Crippen molar-refractivity contribution in [3.8, 4) is 0 Å². The third-order valence-corrected chi connectivity index (χ3v) is 4.43. The Hall–Kier alpha value is -3.27. The highest BCUT2D eigenvalue weighted by atomic mass is 32.2. The summed E-state index contributed by atoms with van der Waals surface area (Å²) in [5.74, 6) is -1.08. The number of carbonyl (C=O) groups excluding carboxylic acids is 4. The highest BCUT2D eigenvalue weighted by molar-refractivity contribution is 8.00. The Bertz CT molecular complexity index is 852. The number of rotatable bonds is 9. The maximum atomic E-state index is 12.3. The number of hydrogen-bond acceptors (Lipinski definition) is 8. The van der Waals surface area contributed by atoms with Gasteiger partial charge in [0.05, 0.1) is 30.7 Å². The SMILES string of the molecule is CCOC(=O)NC(=O)COC(=O)c1ccccc1SCC(=O)NCc1ccco1. The molecule has 0 fully saturated rings. The minimum atomic E-state index is -0.912. The van der Waals surface area contributed by atoms with Gasteiger partial charge < -0.3 is 19.2 Å². The molecule has 10 heteroatoms. The van der Waals surface area contributed by atoms with Crippen LogP contribution in [0.3, 0.4) is 0 Å². The zero-order valence-electron chi connectivity index (χ0n) is 15.6. The predicted molar refractivity (Wildman–Crippen MR) is 103 cm³/mol. The van der Waals surface area contributed by atoms with Crippen molar-refractivity contribution in [1.29, 1.82) is 0 Å². The van der Waals surface area contributed by atoms with Gasteiger partial charge in [-0.05, 0) is 31.2 Å². The van der Waals surface area contributed by atoms with Gasteiger partial charge in [0.15, 0.2) is 6.61 Å². The van der Waals surface area contributed by atoms with Gasteiger partial charge in [0.1, 0.15) is 5.76 Å². The number of hydrogen-bond donors (Lipinski definition) is 2. The molecular weight excluding hydrogens is 400 g/mol. The van der Waals surface area contributed by atoms with Gasteiger partial charge in [-0.3, -0.25) is 14.9 Å². The van der Waals surface area contributed by atoms with Crippen molar-refractivity contribution >= 4 is 35.6 Å². The average Bonchev–Trinajstić information content (AvgIpc) is 3.23. The van der Waals surface area contributed by atoms with Crippen molar-refractivity contribution in [3.63, 3.8) is 0 Å². The van der Waals surface area contributed by atoms with Crippen LogP contribution in [0.25, 0.3) is 0 Å². The fourth-order valence-electron chi connectivity index (χ4n) is 2.08. The van der Waals surface area contributed by atoms with E-state index in [-0.39, 0.29) is 30.4 Å². The first-order chi connectivity index (χ1) is 14.0. The molecule has 154 valence electrons. The Morgan fingerprint density at radius 3 is 2.55 bits per heavy atom. The van der Waals surface area contributed by atoms with Crippen LogP contribution >= 0.6 is 11.8 Å². The molecule has 0 unspecified atom stereocenters. The molecule has 1 aromatic carbocycles. The van der Waals surface area contributed by atoms with Crippen molar-refractivity contribution in [3.05, 3.63) is 54.0 Å². The zero-order valence-corrected chi connectivity index (χ0v) is 16.5. The number of furan rings is 1. The Morgan fingerprint density at radius 2 is 1.83 bits per heavy atom. The summed E-state index contributed by atoms with van der Waals surface area (Å²) in [6.07, 6.45) is 0.607. The third-order valence-electron chi connectivity index (χ3n) is 3.36. The van der Waals surface area contributed by atoms with Crippen molar-refractivity contribution in [2.24, 2.45) is 0 Å². The molecule has 2 aromatic rings. The molecule has 0 saturated heterocycles. The van der Waals surface area contributed by atoms with E-state index in [1.165, 1.54) is 12.3 Å². The topological polar surface area (TPSA) is 124 Å². The number of esters is 1. The molecule has 0 atom stereocenters. The molecule has 1 heterocycles. The first-order valence-electron chi connectivity index (χ1n) is 8.64. The lowest BCUT2D eigenvalue weighted by Gasteiger charge is -2.09. The summed E-state index contributed by atoms with van der Waals surface area (Å²) in [5, 5.41) is 4.63. The van der Waals surface area contributed by atoms with E-state index < -0.39 is 24.6 Å². The molecule has 0 aliphatic carbocycles. The number of amides is 3. The molecule has 0 radical (unpaired) electrons. The molecule has 2 rings (SSSR count). The van der Waals surface area contributed by atoms with Crippen LogP contribution < -0.4 is 10.6 Å². The van der Waals surface area contributed by atoms with Crippen molar-refractivity contribution in [2.75, 3.05) is 19.0 Å². The number of imide groups is 1. The van der Waals surface area contributed by atoms with Gasteiger partial charge in [-0.2, -0.15) is 0 Å². The maximum Gasteiger partial charge on any atom is 0.413 e. The van der Waals surface area contributed by atoms with Gasteiger partial charge in [-0.15, -0.1) is 11.8 Å². The molecule has 1 aromatic heterocycles. The van der Waals surface area contributed by atoms with Crippen LogP contribution in [-0.2, 0) is 25.6 Å². The van der Waals surface area contributed by atoms with Gasteiger partial charge in [0, 0.05) is 4.90 Å². The largest absolute Gasteiger partial charge is 0.467 e. The predicted octanol–water partition coefficient (Wildman–Crippen LogP) is 2.12. The van der Waals surface area contributed by atoms with E-state index >= 15 is 0 Å². The second-order valence-corrected chi connectivity index (χ2v) is 6.50. The zero-order chi connectivity index (χ0) is 21.1. The minimum Gasteiger partial charge on any atom is -0.467 e. The minimum absolute atomic E-state index is 0.0777. The first-order valence-corrected chi connectivity index (χ1v) is 9.62. The van der Waals surface area contributed by atoms with E-state index in [2.05, 4.69) is 10.1 Å². The van der Waals surface area contributed by atoms with Gasteiger partial charge in [-0.25, -0.2) is 9.59 Å². The summed E-state index contributed by atoms with van der Waals surface area (Å²) in [7, 11) is 0. The number of benzene rings is 1. The van der Waals surface area contributed by atoms with Crippen LogP contribution in [0.2, 0.25) is 0 Å². The number of ether oxygens (including phenoxy) is 2. The van der Waals surface area contributed by atoms with Crippen molar-refractivity contribution < 1.29 is 33.1 Å². The highest BCUT2D eigenvalue weighted by Crippen LogP contribution is 2.23. The molecule has 0 bridgehead atoms. The van der Waals surface area contributed by atoms with Crippen LogP contribution in [0.4, 0.5) is 4.79 Å². The fourth-order valence-corrected chi connectivity index (χ4v) is 2.95. The number of thioether (sulfide) groups is 1. The molecule has 29 heavy (non-hydrogen) atoms. The Kier molecular flexibility index (Phi) is 8.77. The van der Waals surface area contributed by atoms with Gasteiger partial charge in [-0.1, -0.05) is 12.1 Å². The van der Waals surface area contributed by atoms with Crippen LogP contribution in [-0.4, -0.2) is 42.8 Å². The number of nitrogens with one attached hydrogen (secondary N) is 2. The molecule has 3 amide bonds. The second kappa shape index (κ2) is 11.5. The lowest BCUT2D eigenvalue weighted by molar-refractivity contribution is -0.123. The summed E-state index contributed by atoms with van der Waals surface area (Å²) in [6, 6.07) is 10.0. The van der Waals surface area contributed by atoms with Crippen LogP contribution in [0, 0.1) is 0 Å². The average molecular weight is 420 g/mol. The standard InChI is InChI=1S/C19H20N2O7S/c1-2-26-19(25)21-16(22)11-28-18(24)14-7-3-4-8-15(14)29-12-17(23)20-10-13-6-5-9-27-13/h3-9H,2,10-12H2,1H3,(H,20,23)(H,21,22,25). The quantitative estimate of drug-likeness (QED) is 0.467. The Labute approximate surface area is 171 Å². The summed E-state index contributed by atoms with van der Waals surface area (Å²) in [5.41, 5.74) is 0.209. The van der Waals surface area contributed by atoms with Gasteiger partial charge >= 0.3 is 12.1 Å². The molecule has 0 aliphatic heterocycles. The van der Waals surface area contributed by atoms with E-state index in [0.29, 0.717) is 10.7 Å². The van der Waals surface area contributed by atoms with Crippen molar-refractivity contribution in [2.45, 2.75) is 18.4 Å². The second-order valence-electron chi connectivity index (χ2n) is 5.49. The van der Waals surface area contributed by atoms with E-state index in [0.717, 1.165) is 11.8 Å². The van der Waals surface area contributed by atoms with E-state index in [1.54, 1.807) is 37.3 Å². The normalized spacial score (nSPS) is 10.1. The molecule has 0 aliphatic rings. The van der Waals surface area contributed by atoms with Crippen LogP contribution in [0.5, 0.6) is 0 Å². The molecule has 9 nitrogen and oxygen atoms in total. The van der Waals surface area contributed by atoms with E-state index in [9.17, 15) is 19.2 Å². The molecular formula is C19H20N2O7S. The number of carbonyl (C=O) groups is 4. The maximum absolute atomic E-state index is 12.3. The number of alkyl carbamates (subject to hydrolysis) is 1. The summed E-state index contributed by atoms with van der Waals surface area (Å²) in [6.45, 7) is 1.33. The van der Waals surface area contributed by atoms with Crippen LogP contribution in [0.15, 0.2) is 52.0 Å². The lowest BCUT2D eigenvalue weighted by Crippen LogP contribution is -2.34. The Morgan fingerprint density at radius 1 is 1.03 bits per heavy atom. The molecule has 0 spiro atoms. The molecule has 0 saturated carbocycles. The summed E-state index contributed by atoms with van der Waals surface area (Å²) < 4.78 is 14.6. The smallest absolute Gasteiger partial charge is 0.413 e. The fraction of sp³-hybridized carbons (Fsp3) is 0.263. The first kappa shape index (κ1) is 22.0. The molecule has 2 N–H and O–H groups in total. The van der Waals surface area contributed by atoms with Gasteiger partial charge in [0.2, 0.25) is 5.91 Å². The lowest BCUT2D eigenvalue weighted by atomic mass is 10.2. The summed E-state index contributed by atoms with van der Waals surface area (Å²) in [4.78, 5) is 47.5. The van der Waals surface area contributed by atoms with E-state index in [1.807, 2.05) is 5.32 Å². The highest BCUT2D eigenvalue weighted by Gasteiger charge is 2.16. The third kappa shape index (κ3) is 7.70. The van der Waals surface area contributed by atoms with Crippen molar-refractivity contribution in [1.82, 2.24) is 10.6 Å². The van der Waals surface area contributed by atoms with Gasteiger partial charge in [0.25, 0.3) is 5.91 Å².